The van der Waals surface area contributed by atoms with Gasteiger partial charge in [0.05, 0.1) is 11.1 Å². The lowest BCUT2D eigenvalue weighted by Gasteiger charge is -2.20. The van der Waals surface area contributed by atoms with E-state index in [4.69, 9.17) is 17.4 Å². The van der Waals surface area contributed by atoms with Crippen molar-refractivity contribution in [3.63, 3.8) is 0 Å². The molecule has 0 bridgehead atoms. The van der Waals surface area contributed by atoms with E-state index in [1.165, 1.54) is 16.7 Å². The zero-order valence-electron chi connectivity index (χ0n) is 11.6. The van der Waals surface area contributed by atoms with Crippen molar-refractivity contribution in [1.29, 1.82) is 0 Å². The van der Waals surface area contributed by atoms with Crippen LogP contribution in [0.2, 0.25) is 5.02 Å². The Morgan fingerprint density at radius 2 is 2.00 bits per heavy atom. The topological polar surface area (TPSA) is 38.0 Å². The van der Waals surface area contributed by atoms with Crippen LogP contribution in [0.1, 0.15) is 28.3 Å². The molecule has 0 saturated heterocycles. The Kier molecular flexibility index (Phi) is 5.22. The van der Waals surface area contributed by atoms with Crippen LogP contribution in [0.4, 0.5) is 0 Å². The molecule has 2 aromatic carbocycles. The minimum absolute atomic E-state index is 0.0134. The molecule has 0 fully saturated rings. The number of aryl methyl sites for hydroxylation is 2. The lowest BCUT2D eigenvalue weighted by molar-refractivity contribution is 0.550. The molecular formula is C16H18BrClN2. The second-order valence-corrected chi connectivity index (χ2v) is 6.23. The van der Waals surface area contributed by atoms with Crippen molar-refractivity contribution in [2.24, 2.45) is 5.84 Å². The van der Waals surface area contributed by atoms with E-state index in [2.05, 4.69) is 53.4 Å². The van der Waals surface area contributed by atoms with Crippen molar-refractivity contribution >= 4 is 27.5 Å². The summed E-state index contributed by atoms with van der Waals surface area (Å²) in [5.74, 6) is 5.74. The molecule has 3 N–H and O–H groups in total. The van der Waals surface area contributed by atoms with E-state index in [9.17, 15) is 0 Å². The highest BCUT2D eigenvalue weighted by Gasteiger charge is 2.16. The Balaban J connectivity index is 2.34. The molecule has 1 unspecified atom stereocenters. The maximum Gasteiger partial charge on any atom is 0.0596 e. The van der Waals surface area contributed by atoms with E-state index < -0.39 is 0 Å². The monoisotopic (exact) mass is 352 g/mol. The maximum absolute atomic E-state index is 6.36. The van der Waals surface area contributed by atoms with E-state index in [1.54, 1.807) is 0 Å². The largest absolute Gasteiger partial charge is 0.271 e. The molecule has 2 nitrogen and oxygen atoms in total. The molecule has 0 radical (unpaired) electrons. The molecule has 0 aliphatic heterocycles. The molecule has 20 heavy (non-hydrogen) atoms. The van der Waals surface area contributed by atoms with E-state index in [-0.39, 0.29) is 6.04 Å². The van der Waals surface area contributed by atoms with E-state index >= 15 is 0 Å². The molecule has 106 valence electrons. The normalized spacial score (nSPS) is 12.4. The average Bonchev–Trinajstić information content (AvgIpc) is 2.43. The number of rotatable bonds is 4. The van der Waals surface area contributed by atoms with Gasteiger partial charge in [-0.2, -0.15) is 0 Å². The number of nitrogens with one attached hydrogen (secondary N) is 1. The predicted molar refractivity (Wildman–Crippen MR) is 88.8 cm³/mol. The smallest absolute Gasteiger partial charge is 0.0596 e. The van der Waals surface area contributed by atoms with Crippen molar-refractivity contribution in [1.82, 2.24) is 5.43 Å². The van der Waals surface area contributed by atoms with Gasteiger partial charge in [0.2, 0.25) is 0 Å². The van der Waals surface area contributed by atoms with Gasteiger partial charge in [0.15, 0.2) is 0 Å². The van der Waals surface area contributed by atoms with Crippen LogP contribution in [0, 0.1) is 13.8 Å². The fourth-order valence-corrected chi connectivity index (χ4v) is 2.93. The second kappa shape index (κ2) is 6.72. The first-order chi connectivity index (χ1) is 9.52. The molecule has 0 aliphatic rings. The molecule has 1 atom stereocenters. The van der Waals surface area contributed by atoms with Crippen LogP contribution in [0.15, 0.2) is 40.9 Å². The van der Waals surface area contributed by atoms with Crippen molar-refractivity contribution in [2.45, 2.75) is 26.3 Å². The summed E-state index contributed by atoms with van der Waals surface area (Å²) in [4.78, 5) is 0. The first kappa shape index (κ1) is 15.5. The SMILES string of the molecule is Cc1ccc(C)c(CC(NN)c2cccc(Br)c2Cl)c1. The highest BCUT2D eigenvalue weighted by molar-refractivity contribution is 9.10. The molecule has 2 rings (SSSR count). The Hall–Kier alpha value is -0.870. The molecule has 0 aliphatic carbocycles. The Labute approximate surface area is 133 Å². The highest BCUT2D eigenvalue weighted by Crippen LogP contribution is 2.32. The lowest BCUT2D eigenvalue weighted by atomic mass is 9.95. The second-order valence-electron chi connectivity index (χ2n) is 5.00. The summed E-state index contributed by atoms with van der Waals surface area (Å²) in [7, 11) is 0. The minimum Gasteiger partial charge on any atom is -0.271 e. The third-order valence-electron chi connectivity index (χ3n) is 3.49. The van der Waals surface area contributed by atoms with Gasteiger partial charge < -0.3 is 0 Å². The first-order valence-corrected chi connectivity index (χ1v) is 7.66. The Bertz CT molecular complexity index is 613. The van der Waals surface area contributed by atoms with E-state index in [0.717, 1.165) is 16.5 Å². The van der Waals surface area contributed by atoms with Gasteiger partial charge in [-0.15, -0.1) is 0 Å². The zero-order valence-corrected chi connectivity index (χ0v) is 13.9. The Morgan fingerprint density at radius 1 is 1.25 bits per heavy atom. The number of halogens is 2. The van der Waals surface area contributed by atoms with Crippen LogP contribution in [-0.2, 0) is 6.42 Å². The molecule has 0 spiro atoms. The van der Waals surface area contributed by atoms with Crippen LogP contribution in [-0.4, -0.2) is 0 Å². The van der Waals surface area contributed by atoms with Crippen LogP contribution in [0.5, 0.6) is 0 Å². The van der Waals surface area contributed by atoms with Gasteiger partial charge in [-0.05, 0) is 59.0 Å². The van der Waals surface area contributed by atoms with Gasteiger partial charge in [0.1, 0.15) is 0 Å². The van der Waals surface area contributed by atoms with Crippen molar-refractivity contribution < 1.29 is 0 Å². The number of hydrogen-bond acceptors (Lipinski definition) is 2. The third-order valence-corrected chi connectivity index (χ3v) is 4.80. The minimum atomic E-state index is -0.0134. The summed E-state index contributed by atoms with van der Waals surface area (Å²) in [6.07, 6.45) is 0.806. The molecule has 4 heteroatoms. The maximum atomic E-state index is 6.36. The molecule has 0 amide bonds. The number of nitrogens with two attached hydrogens (primary N) is 1. The molecule has 0 saturated carbocycles. The summed E-state index contributed by atoms with van der Waals surface area (Å²) in [5, 5.41) is 0.709. The van der Waals surface area contributed by atoms with Crippen molar-refractivity contribution in [3.05, 3.63) is 68.1 Å². The first-order valence-electron chi connectivity index (χ1n) is 6.49. The fourth-order valence-electron chi connectivity index (χ4n) is 2.29. The predicted octanol–water partition coefficient (Wildman–Crippen LogP) is 4.47. The van der Waals surface area contributed by atoms with Crippen LogP contribution >= 0.6 is 27.5 Å². The fraction of sp³-hybridized carbons (Fsp3) is 0.250. The summed E-state index contributed by atoms with van der Waals surface area (Å²) in [6.45, 7) is 4.21. The summed E-state index contributed by atoms with van der Waals surface area (Å²) in [6, 6.07) is 12.3. The molecule has 2 aromatic rings. The van der Waals surface area contributed by atoms with E-state index in [0.29, 0.717) is 5.02 Å². The van der Waals surface area contributed by atoms with Crippen molar-refractivity contribution in [3.8, 4) is 0 Å². The zero-order chi connectivity index (χ0) is 14.7. The van der Waals surface area contributed by atoms with Crippen molar-refractivity contribution in [2.75, 3.05) is 0 Å². The summed E-state index contributed by atoms with van der Waals surface area (Å²) < 4.78 is 0.887. The molecular weight excluding hydrogens is 336 g/mol. The number of hydrogen-bond donors (Lipinski definition) is 2. The van der Waals surface area contributed by atoms with E-state index in [1.807, 2.05) is 18.2 Å². The standard InChI is InChI=1S/C16H18BrClN2/c1-10-6-7-11(2)12(8-10)9-15(20-19)13-4-3-5-14(17)16(13)18/h3-8,15,20H,9,19H2,1-2H3. The van der Waals surface area contributed by atoms with Gasteiger partial charge in [-0.3, -0.25) is 11.3 Å². The third kappa shape index (κ3) is 3.41. The molecule has 0 aromatic heterocycles. The van der Waals surface area contributed by atoms with Gasteiger partial charge in [-0.1, -0.05) is 47.5 Å². The number of benzene rings is 2. The van der Waals surface area contributed by atoms with Gasteiger partial charge >= 0.3 is 0 Å². The number of hydrazine groups is 1. The van der Waals surface area contributed by atoms with Crippen LogP contribution < -0.4 is 11.3 Å². The molecule has 0 heterocycles. The quantitative estimate of drug-likeness (QED) is 0.629. The van der Waals surface area contributed by atoms with Gasteiger partial charge in [0, 0.05) is 4.47 Å². The summed E-state index contributed by atoms with van der Waals surface area (Å²) >= 11 is 9.82. The van der Waals surface area contributed by atoms with Gasteiger partial charge in [0.25, 0.3) is 0 Å². The summed E-state index contributed by atoms with van der Waals surface area (Å²) in [5.41, 5.74) is 7.68. The van der Waals surface area contributed by atoms with Crippen LogP contribution in [0.3, 0.4) is 0 Å². The lowest BCUT2D eigenvalue weighted by Crippen LogP contribution is -2.30. The average molecular weight is 354 g/mol. The van der Waals surface area contributed by atoms with Gasteiger partial charge in [-0.25, -0.2) is 0 Å². The Morgan fingerprint density at radius 3 is 2.70 bits per heavy atom. The van der Waals surface area contributed by atoms with Crippen LogP contribution in [0.25, 0.3) is 0 Å². The highest BCUT2D eigenvalue weighted by atomic mass is 79.9.